The highest BCUT2D eigenvalue weighted by Gasteiger charge is 2.12. The number of aliphatic hydroxyl groups is 1. The minimum atomic E-state index is 0.240. The molecule has 1 aromatic rings. The van der Waals surface area contributed by atoms with Crippen molar-refractivity contribution in [2.24, 2.45) is 0 Å². The second-order valence-electron chi connectivity index (χ2n) is 4.70. The van der Waals surface area contributed by atoms with Crippen LogP contribution >= 0.6 is 0 Å². The number of benzene rings is 1. The van der Waals surface area contributed by atoms with Gasteiger partial charge in [-0.2, -0.15) is 0 Å². The molecule has 0 saturated carbocycles. The fourth-order valence-electron chi connectivity index (χ4n) is 2.11. The highest BCUT2D eigenvalue weighted by atomic mass is 16.2. The molecule has 0 heterocycles. The molecule has 0 unspecified atom stereocenters. The Bertz CT molecular complexity index is 287. The highest BCUT2D eigenvalue weighted by Crippen LogP contribution is 2.27. The minimum absolute atomic E-state index is 0.240. The van der Waals surface area contributed by atoms with Gasteiger partial charge in [0.25, 0.3) is 0 Å². The SMILES string of the molecule is CC(C)c1cccc(C(C)C)c1CCO. The van der Waals surface area contributed by atoms with E-state index in [0.29, 0.717) is 11.8 Å². The van der Waals surface area contributed by atoms with Crippen LogP contribution < -0.4 is 0 Å². The van der Waals surface area contributed by atoms with Crippen molar-refractivity contribution < 1.29 is 5.11 Å². The van der Waals surface area contributed by atoms with Gasteiger partial charge in [0, 0.05) is 6.61 Å². The van der Waals surface area contributed by atoms with Gasteiger partial charge in [0.1, 0.15) is 0 Å². The lowest BCUT2D eigenvalue weighted by molar-refractivity contribution is 0.298. The Hall–Kier alpha value is -0.820. The molecule has 1 rings (SSSR count). The maximum atomic E-state index is 9.13. The van der Waals surface area contributed by atoms with Crippen molar-refractivity contribution in [3.63, 3.8) is 0 Å². The summed E-state index contributed by atoms with van der Waals surface area (Å²) in [6.07, 6.45) is 0.780. The quantitative estimate of drug-likeness (QED) is 0.799. The maximum absolute atomic E-state index is 9.13. The lowest BCUT2D eigenvalue weighted by atomic mass is 9.87. The molecule has 1 N–H and O–H groups in total. The average molecular weight is 206 g/mol. The Kier molecular flexibility index (Phi) is 4.34. The fourth-order valence-corrected chi connectivity index (χ4v) is 2.11. The Morgan fingerprint density at radius 2 is 1.47 bits per heavy atom. The third-order valence-corrected chi connectivity index (χ3v) is 2.85. The molecule has 0 atom stereocenters. The molecule has 0 amide bonds. The van der Waals surface area contributed by atoms with Gasteiger partial charge in [-0.3, -0.25) is 0 Å². The Balaban J connectivity index is 3.21. The molecule has 0 saturated heterocycles. The van der Waals surface area contributed by atoms with E-state index in [4.69, 9.17) is 5.11 Å². The number of rotatable bonds is 4. The van der Waals surface area contributed by atoms with E-state index in [2.05, 4.69) is 45.9 Å². The molecule has 1 aromatic carbocycles. The molecule has 0 radical (unpaired) electrons. The summed E-state index contributed by atoms with van der Waals surface area (Å²) >= 11 is 0. The van der Waals surface area contributed by atoms with Crippen LogP contribution in [0.2, 0.25) is 0 Å². The van der Waals surface area contributed by atoms with Crippen molar-refractivity contribution in [1.29, 1.82) is 0 Å². The smallest absolute Gasteiger partial charge is 0.0471 e. The van der Waals surface area contributed by atoms with Crippen LogP contribution in [0.5, 0.6) is 0 Å². The lowest BCUT2D eigenvalue weighted by Crippen LogP contribution is -2.05. The normalized spacial score (nSPS) is 11.4. The maximum Gasteiger partial charge on any atom is 0.0471 e. The predicted molar refractivity (Wildman–Crippen MR) is 65.4 cm³/mol. The number of hydrogen-bond donors (Lipinski definition) is 1. The van der Waals surface area contributed by atoms with Crippen molar-refractivity contribution in [1.82, 2.24) is 0 Å². The van der Waals surface area contributed by atoms with Crippen molar-refractivity contribution in [3.05, 3.63) is 34.9 Å². The van der Waals surface area contributed by atoms with Gasteiger partial charge >= 0.3 is 0 Å². The zero-order valence-electron chi connectivity index (χ0n) is 10.2. The van der Waals surface area contributed by atoms with E-state index in [1.165, 1.54) is 16.7 Å². The zero-order valence-corrected chi connectivity index (χ0v) is 10.2. The number of aliphatic hydroxyl groups excluding tert-OH is 1. The van der Waals surface area contributed by atoms with Gasteiger partial charge in [-0.05, 0) is 34.9 Å². The molecule has 0 fully saturated rings. The van der Waals surface area contributed by atoms with Crippen LogP contribution in [-0.2, 0) is 6.42 Å². The van der Waals surface area contributed by atoms with E-state index < -0.39 is 0 Å². The van der Waals surface area contributed by atoms with Crippen molar-refractivity contribution in [3.8, 4) is 0 Å². The Labute approximate surface area is 93.1 Å². The molecule has 0 aliphatic heterocycles. The van der Waals surface area contributed by atoms with Crippen LogP contribution in [0.25, 0.3) is 0 Å². The van der Waals surface area contributed by atoms with Crippen molar-refractivity contribution in [2.45, 2.75) is 46.0 Å². The summed E-state index contributed by atoms with van der Waals surface area (Å²) in [4.78, 5) is 0. The van der Waals surface area contributed by atoms with Crippen molar-refractivity contribution in [2.75, 3.05) is 6.61 Å². The Morgan fingerprint density at radius 3 is 1.80 bits per heavy atom. The minimum Gasteiger partial charge on any atom is -0.396 e. The molecule has 1 heteroatoms. The van der Waals surface area contributed by atoms with Crippen LogP contribution in [0.4, 0.5) is 0 Å². The van der Waals surface area contributed by atoms with Gasteiger partial charge in [-0.25, -0.2) is 0 Å². The van der Waals surface area contributed by atoms with E-state index in [1.807, 2.05) is 0 Å². The first-order valence-corrected chi connectivity index (χ1v) is 5.80. The van der Waals surface area contributed by atoms with Gasteiger partial charge in [-0.15, -0.1) is 0 Å². The summed E-state index contributed by atoms with van der Waals surface area (Å²) in [5.74, 6) is 1.07. The standard InChI is InChI=1S/C14H22O/c1-10(2)12-6-5-7-13(11(3)4)14(12)8-9-15/h5-7,10-11,15H,8-9H2,1-4H3. The van der Waals surface area contributed by atoms with E-state index >= 15 is 0 Å². The van der Waals surface area contributed by atoms with Gasteiger partial charge in [0.05, 0.1) is 0 Å². The van der Waals surface area contributed by atoms with Crippen molar-refractivity contribution >= 4 is 0 Å². The second-order valence-corrected chi connectivity index (χ2v) is 4.70. The third kappa shape index (κ3) is 2.82. The van der Waals surface area contributed by atoms with E-state index in [0.717, 1.165) is 6.42 Å². The highest BCUT2D eigenvalue weighted by molar-refractivity contribution is 5.39. The first-order chi connectivity index (χ1) is 7.07. The zero-order chi connectivity index (χ0) is 11.4. The average Bonchev–Trinajstić information content (AvgIpc) is 2.17. The van der Waals surface area contributed by atoms with Crippen LogP contribution in [-0.4, -0.2) is 11.7 Å². The second kappa shape index (κ2) is 5.32. The summed E-state index contributed by atoms with van der Waals surface area (Å²) < 4.78 is 0. The summed E-state index contributed by atoms with van der Waals surface area (Å²) in [5, 5.41) is 9.13. The molecule has 15 heavy (non-hydrogen) atoms. The topological polar surface area (TPSA) is 20.2 Å². The van der Waals surface area contributed by atoms with Crippen LogP contribution in [0, 0.1) is 0 Å². The monoisotopic (exact) mass is 206 g/mol. The van der Waals surface area contributed by atoms with Gasteiger partial charge in [-0.1, -0.05) is 45.9 Å². The van der Waals surface area contributed by atoms with Crippen LogP contribution in [0.3, 0.4) is 0 Å². The summed E-state index contributed by atoms with van der Waals surface area (Å²) in [6, 6.07) is 6.49. The van der Waals surface area contributed by atoms with Gasteiger partial charge in [0.2, 0.25) is 0 Å². The molecule has 1 nitrogen and oxygen atoms in total. The first kappa shape index (κ1) is 12.3. The summed E-state index contributed by atoms with van der Waals surface area (Å²) in [6.45, 7) is 9.07. The molecular formula is C14H22O. The van der Waals surface area contributed by atoms with E-state index in [1.54, 1.807) is 0 Å². The summed E-state index contributed by atoms with van der Waals surface area (Å²) in [5.41, 5.74) is 4.12. The number of hydrogen-bond acceptors (Lipinski definition) is 1. The first-order valence-electron chi connectivity index (χ1n) is 5.80. The third-order valence-electron chi connectivity index (χ3n) is 2.85. The molecule has 0 spiro atoms. The van der Waals surface area contributed by atoms with E-state index in [9.17, 15) is 0 Å². The van der Waals surface area contributed by atoms with E-state index in [-0.39, 0.29) is 6.61 Å². The molecule has 84 valence electrons. The van der Waals surface area contributed by atoms with Gasteiger partial charge < -0.3 is 5.11 Å². The van der Waals surface area contributed by atoms with Crippen LogP contribution in [0.1, 0.15) is 56.2 Å². The molecular weight excluding hydrogens is 184 g/mol. The summed E-state index contributed by atoms with van der Waals surface area (Å²) in [7, 11) is 0. The largest absolute Gasteiger partial charge is 0.396 e. The van der Waals surface area contributed by atoms with Crippen LogP contribution in [0.15, 0.2) is 18.2 Å². The van der Waals surface area contributed by atoms with Gasteiger partial charge in [0.15, 0.2) is 0 Å². The molecule has 0 aromatic heterocycles. The molecule has 0 aliphatic rings. The molecule has 0 bridgehead atoms. The Morgan fingerprint density at radius 1 is 1.00 bits per heavy atom. The fraction of sp³-hybridized carbons (Fsp3) is 0.571. The molecule has 0 aliphatic carbocycles. The predicted octanol–water partition coefficient (Wildman–Crippen LogP) is 3.47. The lowest BCUT2D eigenvalue weighted by Gasteiger charge is -2.18.